The Morgan fingerprint density at radius 3 is 2.31 bits per heavy atom. The lowest BCUT2D eigenvalue weighted by molar-refractivity contribution is -0.123. The molecule has 0 aliphatic heterocycles. The number of esters is 1. The van der Waals surface area contributed by atoms with Crippen molar-refractivity contribution in [2.24, 2.45) is 0 Å². The topological polar surface area (TPSA) is 64.6 Å². The van der Waals surface area contributed by atoms with Gasteiger partial charge in [-0.3, -0.25) is 4.79 Å². The molecule has 2 aromatic carbocycles. The summed E-state index contributed by atoms with van der Waals surface area (Å²) in [5.74, 6) is -1.79. The lowest BCUT2D eigenvalue weighted by Gasteiger charge is -2.14. The Bertz CT molecular complexity index is 759. The molecule has 0 radical (unpaired) electrons. The SMILES string of the molecule is CC(C)OCc1ccc(C(=O)O[C@H](C)C(=O)Nc2ccccc2F)cc1. The van der Waals surface area contributed by atoms with E-state index in [1.165, 1.54) is 25.1 Å². The molecule has 1 amide bonds. The van der Waals surface area contributed by atoms with Gasteiger partial charge in [-0.15, -0.1) is 0 Å². The summed E-state index contributed by atoms with van der Waals surface area (Å²) < 4.78 is 24.2. The van der Waals surface area contributed by atoms with Crippen molar-refractivity contribution in [3.05, 3.63) is 65.5 Å². The van der Waals surface area contributed by atoms with Crippen LogP contribution in [0.1, 0.15) is 36.7 Å². The zero-order chi connectivity index (χ0) is 19.1. The second-order valence-electron chi connectivity index (χ2n) is 6.07. The van der Waals surface area contributed by atoms with Crippen LogP contribution in [0.15, 0.2) is 48.5 Å². The standard InChI is InChI=1S/C20H22FNO4/c1-13(2)25-12-15-8-10-16(11-9-15)20(24)26-14(3)19(23)22-18-7-5-4-6-17(18)21/h4-11,13-14H,12H2,1-3H3,(H,22,23)/t14-/m1/s1. The van der Waals surface area contributed by atoms with Crippen molar-refractivity contribution in [2.75, 3.05) is 5.32 Å². The number of carbonyl (C=O) groups is 2. The highest BCUT2D eigenvalue weighted by molar-refractivity contribution is 5.97. The van der Waals surface area contributed by atoms with Gasteiger partial charge >= 0.3 is 5.97 Å². The summed E-state index contributed by atoms with van der Waals surface area (Å²) in [4.78, 5) is 24.2. The van der Waals surface area contributed by atoms with Gasteiger partial charge < -0.3 is 14.8 Å². The first-order valence-corrected chi connectivity index (χ1v) is 8.33. The Labute approximate surface area is 152 Å². The molecule has 0 aliphatic carbocycles. The van der Waals surface area contributed by atoms with Crippen LogP contribution in [0.5, 0.6) is 0 Å². The number of carbonyl (C=O) groups excluding carboxylic acids is 2. The van der Waals surface area contributed by atoms with Gasteiger partial charge in [0.25, 0.3) is 5.91 Å². The van der Waals surface area contributed by atoms with Crippen LogP contribution in [0.25, 0.3) is 0 Å². The summed E-state index contributed by atoms with van der Waals surface area (Å²) in [7, 11) is 0. The summed E-state index contributed by atoms with van der Waals surface area (Å²) in [5, 5.41) is 2.40. The van der Waals surface area contributed by atoms with Crippen molar-refractivity contribution < 1.29 is 23.5 Å². The third kappa shape index (κ3) is 5.67. The Balaban J connectivity index is 1.91. The van der Waals surface area contributed by atoms with Gasteiger partial charge in [0.2, 0.25) is 0 Å². The molecule has 2 rings (SSSR count). The molecule has 0 saturated carbocycles. The van der Waals surface area contributed by atoms with Crippen LogP contribution < -0.4 is 5.32 Å². The maximum absolute atomic E-state index is 13.6. The maximum Gasteiger partial charge on any atom is 0.338 e. The first kappa shape index (κ1) is 19.6. The van der Waals surface area contributed by atoms with Crippen LogP contribution in [0.2, 0.25) is 0 Å². The molecule has 0 aliphatic rings. The van der Waals surface area contributed by atoms with Crippen molar-refractivity contribution in [3.63, 3.8) is 0 Å². The average Bonchev–Trinajstić information content (AvgIpc) is 2.62. The molecule has 26 heavy (non-hydrogen) atoms. The van der Waals surface area contributed by atoms with E-state index >= 15 is 0 Å². The molecule has 1 atom stereocenters. The van der Waals surface area contributed by atoms with E-state index in [-0.39, 0.29) is 11.8 Å². The molecule has 0 aromatic heterocycles. The first-order chi connectivity index (χ1) is 12.4. The zero-order valence-electron chi connectivity index (χ0n) is 15.0. The van der Waals surface area contributed by atoms with E-state index in [1.807, 2.05) is 13.8 Å². The minimum absolute atomic E-state index is 0.0369. The number of rotatable bonds is 7. The molecular formula is C20H22FNO4. The molecular weight excluding hydrogens is 337 g/mol. The summed E-state index contributed by atoms with van der Waals surface area (Å²) in [5.41, 5.74) is 1.29. The molecule has 138 valence electrons. The largest absolute Gasteiger partial charge is 0.449 e. The summed E-state index contributed by atoms with van der Waals surface area (Å²) in [6, 6.07) is 12.5. The molecule has 0 bridgehead atoms. The van der Waals surface area contributed by atoms with Crippen molar-refractivity contribution in [1.82, 2.24) is 0 Å². The van der Waals surface area contributed by atoms with Crippen LogP contribution in [0.3, 0.4) is 0 Å². The molecule has 0 heterocycles. The van der Waals surface area contributed by atoms with E-state index in [4.69, 9.17) is 9.47 Å². The summed E-state index contributed by atoms with van der Waals surface area (Å²) in [6.07, 6.45) is -0.945. The number of anilines is 1. The van der Waals surface area contributed by atoms with E-state index in [1.54, 1.807) is 30.3 Å². The molecule has 1 N–H and O–H groups in total. The second kappa shape index (κ2) is 9.10. The minimum atomic E-state index is -1.06. The van der Waals surface area contributed by atoms with Crippen molar-refractivity contribution in [1.29, 1.82) is 0 Å². The predicted octanol–water partition coefficient (Wildman–Crippen LogP) is 3.93. The number of amides is 1. The summed E-state index contributed by atoms with van der Waals surface area (Å²) in [6.45, 7) is 5.77. The number of nitrogens with one attached hydrogen (secondary N) is 1. The molecule has 2 aromatic rings. The lowest BCUT2D eigenvalue weighted by atomic mass is 10.1. The molecule has 0 spiro atoms. The van der Waals surface area contributed by atoms with Gasteiger partial charge in [0.1, 0.15) is 5.82 Å². The number of hydrogen-bond donors (Lipinski definition) is 1. The van der Waals surface area contributed by atoms with Gasteiger partial charge in [-0.1, -0.05) is 24.3 Å². The Morgan fingerprint density at radius 2 is 1.69 bits per heavy atom. The fourth-order valence-corrected chi connectivity index (χ4v) is 2.08. The van der Waals surface area contributed by atoms with Gasteiger partial charge in [0.05, 0.1) is 24.0 Å². The third-order valence-electron chi connectivity index (χ3n) is 3.56. The average molecular weight is 359 g/mol. The minimum Gasteiger partial charge on any atom is -0.449 e. The van der Waals surface area contributed by atoms with Crippen molar-refractivity contribution in [3.8, 4) is 0 Å². The normalized spacial score (nSPS) is 11.9. The molecule has 0 unspecified atom stereocenters. The van der Waals surface area contributed by atoms with Crippen LogP contribution in [-0.2, 0) is 20.9 Å². The third-order valence-corrected chi connectivity index (χ3v) is 3.56. The number of para-hydroxylation sites is 1. The Hall–Kier alpha value is -2.73. The maximum atomic E-state index is 13.6. The number of halogens is 1. The van der Waals surface area contributed by atoms with Crippen LogP contribution >= 0.6 is 0 Å². The van der Waals surface area contributed by atoms with Gasteiger partial charge in [-0.05, 0) is 50.6 Å². The smallest absolute Gasteiger partial charge is 0.338 e. The number of hydrogen-bond acceptors (Lipinski definition) is 4. The zero-order valence-corrected chi connectivity index (χ0v) is 15.0. The number of ether oxygens (including phenoxy) is 2. The molecule has 0 fully saturated rings. The van der Waals surface area contributed by atoms with E-state index in [9.17, 15) is 14.0 Å². The van der Waals surface area contributed by atoms with Gasteiger partial charge in [-0.25, -0.2) is 9.18 Å². The van der Waals surface area contributed by atoms with Crippen molar-refractivity contribution >= 4 is 17.6 Å². The fraction of sp³-hybridized carbons (Fsp3) is 0.300. The summed E-state index contributed by atoms with van der Waals surface area (Å²) >= 11 is 0. The highest BCUT2D eigenvalue weighted by Crippen LogP contribution is 2.14. The highest BCUT2D eigenvalue weighted by Gasteiger charge is 2.20. The van der Waals surface area contributed by atoms with Crippen LogP contribution in [0.4, 0.5) is 10.1 Å². The van der Waals surface area contributed by atoms with Gasteiger partial charge in [0, 0.05) is 0 Å². The number of benzene rings is 2. The molecule has 0 saturated heterocycles. The Kier molecular flexibility index (Phi) is 6.86. The molecule has 5 nitrogen and oxygen atoms in total. The quantitative estimate of drug-likeness (QED) is 0.761. The van der Waals surface area contributed by atoms with E-state index in [0.717, 1.165) is 5.56 Å². The van der Waals surface area contributed by atoms with Crippen molar-refractivity contribution in [2.45, 2.75) is 39.6 Å². The first-order valence-electron chi connectivity index (χ1n) is 8.33. The monoisotopic (exact) mass is 359 g/mol. The van der Waals surface area contributed by atoms with Gasteiger partial charge in [-0.2, -0.15) is 0 Å². The van der Waals surface area contributed by atoms with E-state index in [2.05, 4.69) is 5.32 Å². The predicted molar refractivity (Wildman–Crippen MR) is 96.3 cm³/mol. The molecule has 6 heteroatoms. The van der Waals surface area contributed by atoms with Crippen LogP contribution in [0, 0.1) is 5.82 Å². The second-order valence-corrected chi connectivity index (χ2v) is 6.07. The van der Waals surface area contributed by atoms with Crippen LogP contribution in [-0.4, -0.2) is 24.1 Å². The lowest BCUT2D eigenvalue weighted by Crippen LogP contribution is -2.30. The Morgan fingerprint density at radius 1 is 1.04 bits per heavy atom. The fourth-order valence-electron chi connectivity index (χ4n) is 2.08. The van der Waals surface area contributed by atoms with Gasteiger partial charge in [0.15, 0.2) is 6.10 Å². The van der Waals surface area contributed by atoms with E-state index in [0.29, 0.717) is 12.2 Å². The van der Waals surface area contributed by atoms with E-state index < -0.39 is 23.8 Å². The highest BCUT2D eigenvalue weighted by atomic mass is 19.1.